The number of hydrogen-bond acceptors (Lipinski definition) is 5. The lowest BCUT2D eigenvalue weighted by Gasteiger charge is -2.03. The van der Waals surface area contributed by atoms with Crippen molar-refractivity contribution in [2.75, 3.05) is 5.73 Å². The molecule has 7 heteroatoms. The van der Waals surface area contributed by atoms with E-state index in [1.165, 1.54) is 45.7 Å². The number of halogens is 1. The van der Waals surface area contributed by atoms with Crippen molar-refractivity contribution in [1.82, 2.24) is 9.38 Å². The number of nitrogen functional groups attached to an aromatic ring is 1. The molecule has 0 saturated heterocycles. The van der Waals surface area contributed by atoms with Crippen LogP contribution in [0.25, 0.3) is 4.96 Å². The van der Waals surface area contributed by atoms with Crippen molar-refractivity contribution in [3.05, 3.63) is 57.7 Å². The van der Waals surface area contributed by atoms with Gasteiger partial charge in [-0.1, -0.05) is 0 Å². The molecule has 20 heavy (non-hydrogen) atoms. The fraction of sp³-hybridized carbons (Fsp3) is 0.0769. The Balaban J connectivity index is 1.84. The average molecular weight is 307 g/mol. The average Bonchev–Trinajstić information content (AvgIpc) is 2.84. The van der Waals surface area contributed by atoms with Crippen LogP contribution >= 0.6 is 23.1 Å². The van der Waals surface area contributed by atoms with Crippen molar-refractivity contribution in [3.63, 3.8) is 0 Å². The first kappa shape index (κ1) is 13.1. The van der Waals surface area contributed by atoms with Gasteiger partial charge in [0.15, 0.2) is 4.96 Å². The molecule has 0 bridgehead atoms. The maximum absolute atomic E-state index is 13.2. The molecule has 0 radical (unpaired) electrons. The van der Waals surface area contributed by atoms with Gasteiger partial charge in [-0.05, 0) is 18.2 Å². The summed E-state index contributed by atoms with van der Waals surface area (Å²) in [6, 6.07) is 5.88. The number of nitrogens with zero attached hydrogens (tertiary/aromatic N) is 2. The molecule has 0 aliphatic rings. The summed E-state index contributed by atoms with van der Waals surface area (Å²) in [7, 11) is 0. The number of benzene rings is 1. The summed E-state index contributed by atoms with van der Waals surface area (Å²) in [4.78, 5) is 17.6. The van der Waals surface area contributed by atoms with Gasteiger partial charge in [-0.3, -0.25) is 9.20 Å². The molecular formula is C13H10FN3OS2. The number of aromatic nitrogens is 2. The van der Waals surface area contributed by atoms with E-state index in [2.05, 4.69) is 4.98 Å². The molecule has 0 amide bonds. The summed E-state index contributed by atoms with van der Waals surface area (Å²) in [5.74, 6) is 0.126. The second kappa shape index (κ2) is 5.26. The van der Waals surface area contributed by atoms with Crippen molar-refractivity contribution in [3.8, 4) is 0 Å². The number of nitrogens with two attached hydrogens (primary N) is 1. The summed E-state index contributed by atoms with van der Waals surface area (Å²) in [6.45, 7) is 0. The molecule has 0 spiro atoms. The Morgan fingerprint density at radius 3 is 3.00 bits per heavy atom. The normalized spacial score (nSPS) is 11.1. The Morgan fingerprint density at radius 1 is 1.35 bits per heavy atom. The van der Waals surface area contributed by atoms with Crippen molar-refractivity contribution >= 4 is 33.7 Å². The van der Waals surface area contributed by atoms with Gasteiger partial charge in [0.2, 0.25) is 0 Å². The van der Waals surface area contributed by atoms with Crippen LogP contribution in [0.5, 0.6) is 0 Å². The Hall–Kier alpha value is -1.86. The lowest BCUT2D eigenvalue weighted by atomic mass is 10.3. The summed E-state index contributed by atoms with van der Waals surface area (Å²) in [6.07, 6.45) is 1.69. The molecule has 0 saturated carbocycles. The standard InChI is InChI=1S/C13H10FN3OS2/c14-8-3-9(15)5-11(4-8)20-7-10-6-12(18)17-1-2-19-13(17)16-10/h1-6H,7,15H2. The molecule has 3 aromatic rings. The topological polar surface area (TPSA) is 60.4 Å². The zero-order chi connectivity index (χ0) is 14.1. The second-order valence-corrected chi connectivity index (χ2v) is 6.07. The lowest BCUT2D eigenvalue weighted by molar-refractivity contribution is 0.625. The Morgan fingerprint density at radius 2 is 2.20 bits per heavy atom. The maximum Gasteiger partial charge on any atom is 0.258 e. The highest BCUT2D eigenvalue weighted by molar-refractivity contribution is 7.98. The van der Waals surface area contributed by atoms with Crippen molar-refractivity contribution in [1.29, 1.82) is 0 Å². The first-order valence-electron chi connectivity index (χ1n) is 5.76. The van der Waals surface area contributed by atoms with E-state index >= 15 is 0 Å². The molecule has 3 rings (SSSR count). The van der Waals surface area contributed by atoms with Crippen LogP contribution in [-0.2, 0) is 5.75 Å². The largest absolute Gasteiger partial charge is 0.399 e. The van der Waals surface area contributed by atoms with E-state index in [1.807, 2.05) is 5.38 Å². The highest BCUT2D eigenvalue weighted by Crippen LogP contribution is 2.25. The quantitative estimate of drug-likeness (QED) is 0.597. The van der Waals surface area contributed by atoms with E-state index in [9.17, 15) is 9.18 Å². The van der Waals surface area contributed by atoms with Gasteiger partial charge in [-0.15, -0.1) is 23.1 Å². The third-order valence-corrected chi connectivity index (χ3v) is 4.40. The van der Waals surface area contributed by atoms with Crippen LogP contribution < -0.4 is 11.3 Å². The first-order chi connectivity index (χ1) is 9.61. The molecule has 2 N–H and O–H groups in total. The molecule has 2 heterocycles. The summed E-state index contributed by atoms with van der Waals surface area (Å²) in [5, 5.41) is 1.81. The van der Waals surface area contributed by atoms with Crippen LogP contribution in [0.1, 0.15) is 5.69 Å². The number of rotatable bonds is 3. The second-order valence-electron chi connectivity index (χ2n) is 4.15. The number of fused-ring (bicyclic) bond motifs is 1. The van der Waals surface area contributed by atoms with Crippen LogP contribution in [0, 0.1) is 5.82 Å². The van der Waals surface area contributed by atoms with Gasteiger partial charge in [0.25, 0.3) is 5.56 Å². The minimum Gasteiger partial charge on any atom is -0.399 e. The van der Waals surface area contributed by atoms with Crippen molar-refractivity contribution in [2.24, 2.45) is 0 Å². The zero-order valence-corrected chi connectivity index (χ0v) is 11.9. The zero-order valence-electron chi connectivity index (χ0n) is 10.2. The van der Waals surface area contributed by atoms with E-state index < -0.39 is 0 Å². The van der Waals surface area contributed by atoms with Gasteiger partial charge in [0.1, 0.15) is 5.82 Å². The molecule has 1 aromatic carbocycles. The van der Waals surface area contributed by atoms with Crippen LogP contribution in [0.2, 0.25) is 0 Å². The van der Waals surface area contributed by atoms with Gasteiger partial charge in [-0.25, -0.2) is 9.37 Å². The molecule has 2 aromatic heterocycles. The van der Waals surface area contributed by atoms with E-state index in [-0.39, 0.29) is 11.4 Å². The fourth-order valence-corrected chi connectivity index (χ4v) is 3.40. The van der Waals surface area contributed by atoms with E-state index in [0.717, 1.165) is 4.90 Å². The number of hydrogen-bond donors (Lipinski definition) is 1. The smallest absolute Gasteiger partial charge is 0.258 e. The Labute approximate surface area is 122 Å². The third kappa shape index (κ3) is 2.68. The Bertz CT molecular complexity index is 808. The van der Waals surface area contributed by atoms with Crippen molar-refractivity contribution < 1.29 is 4.39 Å². The third-order valence-electron chi connectivity index (χ3n) is 2.64. The highest BCUT2D eigenvalue weighted by atomic mass is 32.2. The summed E-state index contributed by atoms with van der Waals surface area (Å²) < 4.78 is 14.7. The fourth-order valence-electron chi connectivity index (χ4n) is 1.79. The van der Waals surface area contributed by atoms with Gasteiger partial charge < -0.3 is 5.73 Å². The lowest BCUT2D eigenvalue weighted by Crippen LogP contribution is -2.12. The van der Waals surface area contributed by atoms with Crippen LogP contribution in [0.15, 0.2) is 45.5 Å². The number of thioether (sulfide) groups is 1. The molecule has 0 unspecified atom stereocenters. The van der Waals surface area contributed by atoms with Crippen LogP contribution in [0.4, 0.5) is 10.1 Å². The molecule has 0 aliphatic carbocycles. The van der Waals surface area contributed by atoms with Gasteiger partial charge >= 0.3 is 0 Å². The minimum absolute atomic E-state index is 0.106. The van der Waals surface area contributed by atoms with Gasteiger partial charge in [0.05, 0.1) is 5.69 Å². The van der Waals surface area contributed by atoms with Gasteiger partial charge in [0, 0.05) is 34.0 Å². The van der Waals surface area contributed by atoms with E-state index in [4.69, 9.17) is 5.73 Å². The number of thiazole rings is 1. The SMILES string of the molecule is Nc1cc(F)cc(SCc2cc(=O)n3ccsc3n2)c1. The summed E-state index contributed by atoms with van der Waals surface area (Å²) in [5.41, 5.74) is 6.54. The molecule has 0 atom stereocenters. The van der Waals surface area contributed by atoms with Gasteiger partial charge in [-0.2, -0.15) is 0 Å². The predicted octanol–water partition coefficient (Wildman–Crippen LogP) is 2.77. The van der Waals surface area contributed by atoms with Crippen LogP contribution in [0.3, 0.4) is 0 Å². The van der Waals surface area contributed by atoms with Crippen LogP contribution in [-0.4, -0.2) is 9.38 Å². The molecule has 0 aliphatic heterocycles. The minimum atomic E-state index is -0.366. The molecule has 0 fully saturated rings. The Kier molecular flexibility index (Phi) is 3.45. The highest BCUT2D eigenvalue weighted by Gasteiger charge is 2.05. The first-order valence-corrected chi connectivity index (χ1v) is 7.63. The number of anilines is 1. The maximum atomic E-state index is 13.2. The van der Waals surface area contributed by atoms with Crippen molar-refractivity contribution in [2.45, 2.75) is 10.6 Å². The summed E-state index contributed by atoms with van der Waals surface area (Å²) >= 11 is 2.80. The van der Waals surface area contributed by atoms with E-state index in [0.29, 0.717) is 22.1 Å². The molecular weight excluding hydrogens is 297 g/mol. The monoisotopic (exact) mass is 307 g/mol. The molecule has 4 nitrogen and oxygen atoms in total. The molecule has 102 valence electrons. The predicted molar refractivity (Wildman–Crippen MR) is 79.7 cm³/mol. The van der Waals surface area contributed by atoms with E-state index in [1.54, 1.807) is 12.3 Å².